The minimum atomic E-state index is -1.42. The van der Waals surface area contributed by atoms with Crippen molar-refractivity contribution < 1.29 is 14.5 Å². The number of alkyl halides is 1. The van der Waals surface area contributed by atoms with Crippen molar-refractivity contribution in [1.29, 1.82) is 0 Å². The Kier molecular flexibility index (Phi) is 5.31. The molecule has 7 heteroatoms. The van der Waals surface area contributed by atoms with E-state index in [1.807, 2.05) is 19.9 Å². The van der Waals surface area contributed by atoms with Crippen LogP contribution >= 0.6 is 11.6 Å². The Balaban J connectivity index is 2.10. The van der Waals surface area contributed by atoms with Gasteiger partial charge in [-0.05, 0) is 49.2 Å². The van der Waals surface area contributed by atoms with Crippen LogP contribution in [0.15, 0.2) is 42.5 Å². The summed E-state index contributed by atoms with van der Waals surface area (Å²) in [6.45, 7) is 3.86. The number of Topliss-reactive ketones (excluding diaryl/α,β-unsaturated/α-hetero) is 1. The highest BCUT2D eigenvalue weighted by Gasteiger charge is 2.25. The first kappa shape index (κ1) is 17.6. The van der Waals surface area contributed by atoms with E-state index >= 15 is 0 Å². The van der Waals surface area contributed by atoms with E-state index in [0.29, 0.717) is 5.69 Å². The number of nitrogens with one attached hydrogen (secondary N) is 1. The van der Waals surface area contributed by atoms with Crippen LogP contribution in [0.3, 0.4) is 0 Å². The number of halogens is 1. The fourth-order valence-electron chi connectivity index (χ4n) is 2.04. The van der Waals surface area contributed by atoms with Gasteiger partial charge in [0.15, 0.2) is 11.2 Å². The number of hydrogen-bond acceptors (Lipinski definition) is 4. The summed E-state index contributed by atoms with van der Waals surface area (Å²) in [6, 6.07) is 10.3. The maximum atomic E-state index is 12.2. The SMILES string of the molecule is Cc1ccc(NC(=O)[C@H](Cl)C(=O)c2ccc([N+](=O)[O-])cc2)cc1C. The highest BCUT2D eigenvalue weighted by molar-refractivity contribution is 6.45. The number of benzene rings is 2. The van der Waals surface area contributed by atoms with Gasteiger partial charge >= 0.3 is 0 Å². The topological polar surface area (TPSA) is 89.3 Å². The number of nitro groups is 1. The second-order valence-electron chi connectivity index (χ2n) is 5.32. The normalized spacial score (nSPS) is 11.6. The molecule has 0 unspecified atom stereocenters. The molecule has 0 spiro atoms. The summed E-state index contributed by atoms with van der Waals surface area (Å²) < 4.78 is 0. The summed E-state index contributed by atoms with van der Waals surface area (Å²) >= 11 is 5.94. The van der Waals surface area contributed by atoms with E-state index in [-0.39, 0.29) is 11.3 Å². The van der Waals surface area contributed by atoms with Gasteiger partial charge in [0.2, 0.25) is 5.91 Å². The van der Waals surface area contributed by atoms with Crippen molar-refractivity contribution in [3.8, 4) is 0 Å². The van der Waals surface area contributed by atoms with Crippen LogP contribution in [0.25, 0.3) is 0 Å². The Hall–Kier alpha value is -2.73. The lowest BCUT2D eigenvalue weighted by Crippen LogP contribution is -2.30. The predicted molar refractivity (Wildman–Crippen MR) is 91.6 cm³/mol. The number of anilines is 1. The molecule has 0 heterocycles. The molecular weight excluding hydrogens is 332 g/mol. The summed E-state index contributed by atoms with van der Waals surface area (Å²) in [7, 11) is 0. The molecule has 0 aromatic heterocycles. The van der Waals surface area contributed by atoms with E-state index in [1.54, 1.807) is 12.1 Å². The third-order valence-corrected chi connectivity index (χ3v) is 3.99. The number of amides is 1. The molecule has 6 nitrogen and oxygen atoms in total. The average Bonchev–Trinajstić information content (AvgIpc) is 2.56. The van der Waals surface area contributed by atoms with Crippen molar-refractivity contribution in [2.45, 2.75) is 19.2 Å². The molecule has 24 heavy (non-hydrogen) atoms. The molecule has 0 aliphatic rings. The Morgan fingerprint density at radius 1 is 1.08 bits per heavy atom. The summed E-state index contributed by atoms with van der Waals surface area (Å²) in [5, 5.41) is 11.8. The number of aryl methyl sites for hydroxylation is 2. The van der Waals surface area contributed by atoms with Crippen LogP contribution in [-0.2, 0) is 4.79 Å². The van der Waals surface area contributed by atoms with E-state index in [2.05, 4.69) is 5.32 Å². The van der Waals surface area contributed by atoms with Crippen LogP contribution < -0.4 is 5.32 Å². The van der Waals surface area contributed by atoms with E-state index in [0.717, 1.165) is 11.1 Å². The summed E-state index contributed by atoms with van der Waals surface area (Å²) in [6.07, 6.45) is 0. The quantitative estimate of drug-likeness (QED) is 0.294. The smallest absolute Gasteiger partial charge is 0.269 e. The third kappa shape index (κ3) is 3.97. The second-order valence-corrected chi connectivity index (χ2v) is 5.76. The minimum Gasteiger partial charge on any atom is -0.324 e. The Labute approximate surface area is 143 Å². The van der Waals surface area contributed by atoms with Crippen molar-refractivity contribution in [1.82, 2.24) is 0 Å². The van der Waals surface area contributed by atoms with E-state index in [4.69, 9.17) is 11.6 Å². The van der Waals surface area contributed by atoms with Crippen molar-refractivity contribution >= 4 is 34.7 Å². The largest absolute Gasteiger partial charge is 0.324 e. The van der Waals surface area contributed by atoms with Gasteiger partial charge in [-0.15, -0.1) is 11.6 Å². The molecule has 0 bridgehead atoms. The molecule has 124 valence electrons. The zero-order chi connectivity index (χ0) is 17.9. The molecule has 1 atom stereocenters. The number of nitrogens with zero attached hydrogens (tertiary/aromatic N) is 1. The predicted octanol–water partition coefficient (Wildman–Crippen LogP) is 3.64. The number of rotatable bonds is 5. The minimum absolute atomic E-state index is 0.135. The van der Waals surface area contributed by atoms with Gasteiger partial charge in [0.05, 0.1) is 4.92 Å². The number of ketones is 1. The molecule has 1 N–H and O–H groups in total. The first-order valence-electron chi connectivity index (χ1n) is 7.10. The van der Waals surface area contributed by atoms with Crippen LogP contribution in [0, 0.1) is 24.0 Å². The molecular formula is C17H15ClN2O4. The first-order valence-corrected chi connectivity index (χ1v) is 7.54. The molecule has 0 aliphatic heterocycles. The third-order valence-electron chi connectivity index (χ3n) is 3.60. The molecule has 0 saturated heterocycles. The van der Waals surface area contributed by atoms with Crippen molar-refractivity contribution in [3.63, 3.8) is 0 Å². The van der Waals surface area contributed by atoms with E-state index in [9.17, 15) is 19.7 Å². The van der Waals surface area contributed by atoms with Crippen molar-refractivity contribution in [2.24, 2.45) is 0 Å². The highest BCUT2D eigenvalue weighted by atomic mass is 35.5. The highest BCUT2D eigenvalue weighted by Crippen LogP contribution is 2.18. The fraction of sp³-hybridized carbons (Fsp3) is 0.176. The van der Waals surface area contributed by atoms with Crippen LogP contribution in [0.5, 0.6) is 0 Å². The van der Waals surface area contributed by atoms with Gasteiger partial charge in [0.25, 0.3) is 5.69 Å². The van der Waals surface area contributed by atoms with Crippen LogP contribution in [0.1, 0.15) is 21.5 Å². The van der Waals surface area contributed by atoms with Gasteiger partial charge in [-0.25, -0.2) is 0 Å². The second kappa shape index (κ2) is 7.23. The molecule has 2 rings (SSSR count). The zero-order valence-electron chi connectivity index (χ0n) is 13.1. The van der Waals surface area contributed by atoms with Crippen LogP contribution in [0.2, 0.25) is 0 Å². The number of nitro benzene ring substituents is 1. The monoisotopic (exact) mass is 346 g/mol. The summed E-state index contributed by atoms with van der Waals surface area (Å²) in [4.78, 5) is 34.4. The number of non-ortho nitro benzene ring substituents is 1. The van der Waals surface area contributed by atoms with Crippen molar-refractivity contribution in [2.75, 3.05) is 5.32 Å². The lowest BCUT2D eigenvalue weighted by Gasteiger charge is -2.11. The van der Waals surface area contributed by atoms with Crippen LogP contribution in [0.4, 0.5) is 11.4 Å². The maximum Gasteiger partial charge on any atom is 0.269 e. The van der Waals surface area contributed by atoms with Gasteiger partial charge in [-0.1, -0.05) is 6.07 Å². The number of carbonyl (C=O) groups is 2. The van der Waals surface area contributed by atoms with Gasteiger partial charge in [-0.2, -0.15) is 0 Å². The lowest BCUT2D eigenvalue weighted by molar-refractivity contribution is -0.384. The lowest BCUT2D eigenvalue weighted by atomic mass is 10.1. The first-order chi connectivity index (χ1) is 11.3. The summed E-state index contributed by atoms with van der Waals surface area (Å²) in [5.74, 6) is -1.27. The molecule has 1 amide bonds. The van der Waals surface area contributed by atoms with Gasteiger partial charge in [0, 0.05) is 23.4 Å². The molecule has 2 aromatic rings. The molecule has 0 aliphatic carbocycles. The average molecular weight is 347 g/mol. The van der Waals surface area contributed by atoms with Crippen LogP contribution in [-0.4, -0.2) is 22.0 Å². The molecule has 2 aromatic carbocycles. The van der Waals surface area contributed by atoms with E-state index in [1.165, 1.54) is 24.3 Å². The van der Waals surface area contributed by atoms with Gasteiger partial charge in [0.1, 0.15) is 0 Å². The number of carbonyl (C=O) groups excluding carboxylic acids is 2. The maximum absolute atomic E-state index is 12.2. The zero-order valence-corrected chi connectivity index (χ0v) is 13.8. The molecule has 0 radical (unpaired) electrons. The Bertz CT molecular complexity index is 803. The number of hydrogen-bond donors (Lipinski definition) is 1. The Morgan fingerprint density at radius 3 is 2.25 bits per heavy atom. The van der Waals surface area contributed by atoms with Crippen molar-refractivity contribution in [3.05, 3.63) is 69.3 Å². The van der Waals surface area contributed by atoms with Gasteiger partial charge < -0.3 is 5.32 Å². The Morgan fingerprint density at radius 2 is 1.71 bits per heavy atom. The summed E-state index contributed by atoms with van der Waals surface area (Å²) in [5.41, 5.74) is 2.62. The van der Waals surface area contributed by atoms with E-state index < -0.39 is 22.0 Å². The standard InChI is InChI=1S/C17H15ClN2O4/c1-10-3-6-13(9-11(10)2)19-17(22)15(18)16(21)12-4-7-14(8-5-12)20(23)24/h3-9,15H,1-2H3,(H,19,22)/t15-/m1/s1. The molecule has 0 saturated carbocycles. The van der Waals surface area contributed by atoms with Gasteiger partial charge in [-0.3, -0.25) is 19.7 Å². The molecule has 0 fully saturated rings. The fourth-order valence-corrected chi connectivity index (χ4v) is 2.22.